The number of nitrogens with zero attached hydrogens (tertiary/aromatic N) is 4. The van der Waals surface area contributed by atoms with Gasteiger partial charge in [-0.2, -0.15) is 5.10 Å². The second-order valence-electron chi connectivity index (χ2n) is 6.71. The van der Waals surface area contributed by atoms with Gasteiger partial charge in [-0.3, -0.25) is 15.1 Å². The maximum Gasteiger partial charge on any atom is 0.135 e. The summed E-state index contributed by atoms with van der Waals surface area (Å²) < 4.78 is 0. The van der Waals surface area contributed by atoms with Crippen LogP contribution in [0.4, 0.5) is 0 Å². The largest absolute Gasteiger partial charge is 0.352 e. The highest BCUT2D eigenvalue weighted by Crippen LogP contribution is 2.35. The van der Waals surface area contributed by atoms with E-state index in [1.165, 1.54) is 4.88 Å². The first-order valence-corrected chi connectivity index (χ1v) is 10.0. The molecule has 0 radical (unpaired) electrons. The van der Waals surface area contributed by atoms with Crippen molar-refractivity contribution in [3.8, 4) is 33.1 Å². The van der Waals surface area contributed by atoms with Crippen molar-refractivity contribution < 1.29 is 0 Å². The molecule has 0 fully saturated rings. The van der Waals surface area contributed by atoms with Gasteiger partial charge in [0.1, 0.15) is 11.2 Å². The van der Waals surface area contributed by atoms with Crippen LogP contribution < -0.4 is 0 Å². The molecule has 138 valence electrons. The van der Waals surface area contributed by atoms with E-state index in [9.17, 15) is 0 Å². The molecule has 0 amide bonds. The lowest BCUT2D eigenvalue weighted by molar-refractivity contribution is 1.12. The van der Waals surface area contributed by atoms with Gasteiger partial charge in [-0.05, 0) is 41.8 Å². The number of hydrogen-bond acceptors (Lipinski definition) is 5. The van der Waals surface area contributed by atoms with Crippen LogP contribution in [0.15, 0.2) is 72.6 Å². The number of thiophene rings is 1. The normalized spacial score (nSPS) is 11.4. The van der Waals surface area contributed by atoms with E-state index in [0.717, 1.165) is 50.1 Å². The summed E-state index contributed by atoms with van der Waals surface area (Å²) in [5, 5.41) is 10.8. The lowest BCUT2D eigenvalue weighted by atomic mass is 10.1. The molecule has 6 aromatic heterocycles. The van der Waals surface area contributed by atoms with Crippen LogP contribution in [0.25, 0.3) is 55.0 Å². The molecule has 0 saturated heterocycles. The topological polar surface area (TPSA) is 83.1 Å². The van der Waals surface area contributed by atoms with Crippen molar-refractivity contribution >= 4 is 33.3 Å². The monoisotopic (exact) mass is 394 g/mol. The third-order valence-corrected chi connectivity index (χ3v) is 5.87. The molecule has 6 rings (SSSR count). The van der Waals surface area contributed by atoms with Crippen molar-refractivity contribution in [3.63, 3.8) is 0 Å². The van der Waals surface area contributed by atoms with Crippen LogP contribution in [-0.4, -0.2) is 30.1 Å². The summed E-state index contributed by atoms with van der Waals surface area (Å²) in [7, 11) is 0. The average molecular weight is 394 g/mol. The first-order valence-electron chi connectivity index (χ1n) is 9.13. The summed E-state index contributed by atoms with van der Waals surface area (Å²) in [5.74, 6) is 0. The fourth-order valence-electron chi connectivity index (χ4n) is 3.58. The van der Waals surface area contributed by atoms with E-state index in [0.29, 0.717) is 0 Å². The fourth-order valence-corrected chi connectivity index (χ4v) is 4.33. The van der Waals surface area contributed by atoms with Crippen molar-refractivity contribution in [2.24, 2.45) is 0 Å². The minimum absolute atomic E-state index is 0.796. The van der Waals surface area contributed by atoms with Crippen LogP contribution in [0.5, 0.6) is 0 Å². The predicted octanol–water partition coefficient (Wildman–Crippen LogP) is 5.29. The summed E-state index contributed by atoms with van der Waals surface area (Å²) in [6.45, 7) is 0. The Morgan fingerprint density at radius 3 is 2.69 bits per heavy atom. The summed E-state index contributed by atoms with van der Waals surface area (Å²) in [4.78, 5) is 18.0. The van der Waals surface area contributed by atoms with Gasteiger partial charge in [0, 0.05) is 40.0 Å². The fraction of sp³-hybridized carbons (Fsp3) is 0. The highest BCUT2D eigenvalue weighted by atomic mass is 32.1. The lowest BCUT2D eigenvalue weighted by Gasteiger charge is -2.00. The lowest BCUT2D eigenvalue weighted by Crippen LogP contribution is -1.86. The molecule has 0 saturated carbocycles. The van der Waals surface area contributed by atoms with E-state index in [-0.39, 0.29) is 0 Å². The molecule has 0 aliphatic rings. The molecule has 7 heteroatoms. The van der Waals surface area contributed by atoms with Crippen molar-refractivity contribution in [3.05, 3.63) is 72.6 Å². The van der Waals surface area contributed by atoms with Crippen LogP contribution in [0.2, 0.25) is 0 Å². The van der Waals surface area contributed by atoms with Gasteiger partial charge in [0.25, 0.3) is 0 Å². The van der Waals surface area contributed by atoms with Crippen LogP contribution in [-0.2, 0) is 0 Å². The number of fused-ring (bicyclic) bond motifs is 2. The molecule has 0 spiro atoms. The Bertz CT molecular complexity index is 1450. The number of aromatic amines is 2. The molecule has 6 heterocycles. The third-order valence-electron chi connectivity index (χ3n) is 4.97. The summed E-state index contributed by atoms with van der Waals surface area (Å²) in [6, 6.07) is 14.2. The quantitative estimate of drug-likeness (QED) is 0.427. The van der Waals surface area contributed by atoms with E-state index in [4.69, 9.17) is 4.98 Å². The molecule has 29 heavy (non-hydrogen) atoms. The molecular formula is C22H14N6S. The van der Waals surface area contributed by atoms with Gasteiger partial charge in [-0.15, -0.1) is 11.3 Å². The van der Waals surface area contributed by atoms with E-state index < -0.39 is 0 Å². The van der Waals surface area contributed by atoms with E-state index in [1.807, 2.05) is 36.7 Å². The zero-order valence-electron chi connectivity index (χ0n) is 15.1. The Morgan fingerprint density at radius 2 is 1.83 bits per heavy atom. The molecule has 0 atom stereocenters. The first kappa shape index (κ1) is 16.1. The molecule has 0 bridgehead atoms. The number of rotatable bonds is 3. The van der Waals surface area contributed by atoms with Gasteiger partial charge in [0.05, 0.1) is 28.6 Å². The summed E-state index contributed by atoms with van der Waals surface area (Å²) in [5.41, 5.74) is 7.44. The van der Waals surface area contributed by atoms with Gasteiger partial charge in [0.15, 0.2) is 0 Å². The SMILES string of the molecule is c1csc(-c2cncc3[nH]c(-c4n[nH]c5ccc(-c6ccncc6)nc45)cc23)c1. The molecule has 0 aliphatic carbocycles. The molecule has 6 aromatic rings. The zero-order chi connectivity index (χ0) is 19.2. The van der Waals surface area contributed by atoms with Crippen LogP contribution in [0.3, 0.4) is 0 Å². The highest BCUT2D eigenvalue weighted by Gasteiger charge is 2.15. The minimum Gasteiger partial charge on any atom is -0.352 e. The summed E-state index contributed by atoms with van der Waals surface area (Å²) >= 11 is 1.71. The van der Waals surface area contributed by atoms with Crippen molar-refractivity contribution in [1.29, 1.82) is 0 Å². The molecule has 0 unspecified atom stereocenters. The van der Waals surface area contributed by atoms with Gasteiger partial charge in [-0.25, -0.2) is 4.98 Å². The first-order chi connectivity index (χ1) is 14.4. The van der Waals surface area contributed by atoms with E-state index in [1.54, 1.807) is 23.7 Å². The average Bonchev–Trinajstić information content (AvgIpc) is 3.52. The van der Waals surface area contributed by atoms with Crippen LogP contribution in [0.1, 0.15) is 0 Å². The molecule has 0 aromatic carbocycles. The third kappa shape index (κ3) is 2.63. The maximum absolute atomic E-state index is 4.87. The van der Waals surface area contributed by atoms with Crippen LogP contribution in [0, 0.1) is 0 Å². The number of pyridine rings is 3. The number of H-pyrrole nitrogens is 2. The molecule has 0 aliphatic heterocycles. The van der Waals surface area contributed by atoms with E-state index in [2.05, 4.69) is 48.7 Å². The van der Waals surface area contributed by atoms with Crippen molar-refractivity contribution in [2.45, 2.75) is 0 Å². The van der Waals surface area contributed by atoms with Gasteiger partial charge >= 0.3 is 0 Å². The van der Waals surface area contributed by atoms with Crippen molar-refractivity contribution in [2.75, 3.05) is 0 Å². The molecule has 6 nitrogen and oxygen atoms in total. The smallest absolute Gasteiger partial charge is 0.135 e. The van der Waals surface area contributed by atoms with Gasteiger partial charge in [-0.1, -0.05) is 6.07 Å². The Balaban J connectivity index is 1.53. The summed E-state index contributed by atoms with van der Waals surface area (Å²) in [6.07, 6.45) is 7.30. The van der Waals surface area contributed by atoms with Crippen molar-refractivity contribution in [1.82, 2.24) is 30.1 Å². The van der Waals surface area contributed by atoms with Crippen LogP contribution >= 0.6 is 11.3 Å². The predicted molar refractivity (Wildman–Crippen MR) is 116 cm³/mol. The number of hydrogen-bond donors (Lipinski definition) is 2. The Morgan fingerprint density at radius 1 is 0.897 bits per heavy atom. The highest BCUT2D eigenvalue weighted by molar-refractivity contribution is 7.13. The Kier molecular flexibility index (Phi) is 3.54. The standard InChI is InChI=1S/C22H14N6S/c1-2-20(29-9-1)15-11-24-12-19-14(15)10-18(25-19)22-21-17(27-28-22)4-3-16(26-21)13-5-7-23-8-6-13/h1-12,25H,(H,27,28). The molecule has 2 N–H and O–H groups in total. The van der Waals surface area contributed by atoms with E-state index >= 15 is 0 Å². The number of aromatic nitrogens is 6. The Hall–Kier alpha value is -3.84. The maximum atomic E-state index is 4.87. The zero-order valence-corrected chi connectivity index (χ0v) is 15.9. The second-order valence-corrected chi connectivity index (χ2v) is 7.66. The minimum atomic E-state index is 0.796. The Labute approximate surface area is 169 Å². The van der Waals surface area contributed by atoms with Gasteiger partial charge in [0.2, 0.25) is 0 Å². The number of nitrogens with one attached hydrogen (secondary N) is 2. The second kappa shape index (κ2) is 6.35. The van der Waals surface area contributed by atoms with Gasteiger partial charge < -0.3 is 4.98 Å². The molecular weight excluding hydrogens is 380 g/mol.